The van der Waals surface area contributed by atoms with E-state index in [4.69, 9.17) is 9.26 Å². The second kappa shape index (κ2) is 9.33. The van der Waals surface area contributed by atoms with Gasteiger partial charge in [-0.1, -0.05) is 5.16 Å². The summed E-state index contributed by atoms with van der Waals surface area (Å²) < 4.78 is 41.3. The average Bonchev–Trinajstić information content (AvgIpc) is 3.53. The van der Waals surface area contributed by atoms with Crippen LogP contribution in [0, 0.1) is 18.8 Å². The summed E-state index contributed by atoms with van der Waals surface area (Å²) in [7, 11) is 0. The lowest BCUT2D eigenvalue weighted by Gasteiger charge is -2.40. The highest BCUT2D eigenvalue weighted by Gasteiger charge is 2.51. The fraction of sp³-hybridized carbons (Fsp3) is 0.875. The molecule has 3 heterocycles. The van der Waals surface area contributed by atoms with Crippen LogP contribution >= 0.6 is 0 Å². The second-order valence-electron chi connectivity index (χ2n) is 11.0. The Balaban J connectivity index is 1.18. The molecular weight excluding hydrogens is 444 g/mol. The zero-order valence-corrected chi connectivity index (χ0v) is 20.4. The molecule has 0 aromatic carbocycles. The van der Waals surface area contributed by atoms with Crippen molar-refractivity contribution in [2.24, 2.45) is 11.8 Å². The van der Waals surface area contributed by atoms with Gasteiger partial charge in [-0.05, 0) is 57.8 Å². The first-order chi connectivity index (χ1) is 16.2. The molecule has 0 bridgehead atoms. The molecule has 4 aliphatic rings. The highest BCUT2D eigenvalue weighted by molar-refractivity contribution is 5.75. The second-order valence-corrected chi connectivity index (χ2v) is 11.0. The van der Waals surface area contributed by atoms with E-state index in [2.05, 4.69) is 34.2 Å². The van der Waals surface area contributed by atoms with Crippen LogP contribution in [-0.2, 0) is 4.74 Å². The van der Waals surface area contributed by atoms with Gasteiger partial charge < -0.3 is 19.5 Å². The van der Waals surface area contributed by atoms with Crippen LogP contribution in [-0.4, -0.2) is 82.4 Å². The van der Waals surface area contributed by atoms with Gasteiger partial charge >= 0.3 is 6.03 Å². The van der Waals surface area contributed by atoms with Gasteiger partial charge in [0, 0.05) is 51.5 Å². The maximum atomic E-state index is 15.0. The minimum atomic E-state index is -2.97. The molecule has 0 radical (unpaired) electrons. The molecule has 190 valence electrons. The Bertz CT molecular complexity index is 867. The van der Waals surface area contributed by atoms with E-state index >= 15 is 0 Å². The lowest BCUT2D eigenvalue weighted by Crippen LogP contribution is -2.60. The highest BCUT2D eigenvalue weighted by Crippen LogP contribution is 2.45. The largest absolute Gasteiger partial charge is 0.371 e. The van der Waals surface area contributed by atoms with Crippen molar-refractivity contribution in [1.82, 2.24) is 25.3 Å². The fourth-order valence-electron chi connectivity index (χ4n) is 6.44. The summed E-state index contributed by atoms with van der Waals surface area (Å²) in [6.45, 7) is 8.90. The number of alkyl halides is 2. The number of aromatic nitrogens is 2. The monoisotopic (exact) mass is 481 g/mol. The van der Waals surface area contributed by atoms with Crippen molar-refractivity contribution in [3.63, 3.8) is 0 Å². The number of aryl methyl sites for hydroxylation is 1. The van der Waals surface area contributed by atoms with Gasteiger partial charge in [0.25, 0.3) is 5.92 Å². The number of carbonyl (C=O) groups is 1. The number of nitrogens with one attached hydrogen (secondary N) is 1. The average molecular weight is 482 g/mol. The maximum Gasteiger partial charge on any atom is 0.317 e. The molecule has 6 atom stereocenters. The van der Waals surface area contributed by atoms with Gasteiger partial charge in [0.05, 0.1) is 12.2 Å². The maximum absolute atomic E-state index is 15.0. The van der Waals surface area contributed by atoms with Gasteiger partial charge in [0.15, 0.2) is 5.82 Å². The first-order valence-corrected chi connectivity index (χ1v) is 12.8. The van der Waals surface area contributed by atoms with Gasteiger partial charge in [-0.15, -0.1) is 0 Å². The van der Waals surface area contributed by atoms with Crippen LogP contribution in [0.3, 0.4) is 0 Å². The number of fused-ring (bicyclic) bond motifs is 1. The van der Waals surface area contributed by atoms with Crippen molar-refractivity contribution in [2.75, 3.05) is 26.2 Å². The molecule has 1 aromatic rings. The third-order valence-corrected chi connectivity index (χ3v) is 8.33. The molecule has 2 saturated heterocycles. The summed E-state index contributed by atoms with van der Waals surface area (Å²) in [6.07, 6.45) is 2.68. The lowest BCUT2D eigenvalue weighted by atomic mass is 9.88. The van der Waals surface area contributed by atoms with Crippen LogP contribution < -0.4 is 5.32 Å². The molecule has 1 N–H and O–H groups in total. The van der Waals surface area contributed by atoms with Gasteiger partial charge in [-0.2, -0.15) is 4.98 Å². The topological polar surface area (TPSA) is 83.7 Å². The number of urea groups is 1. The van der Waals surface area contributed by atoms with E-state index in [0.29, 0.717) is 49.7 Å². The predicted octanol–water partition coefficient (Wildman–Crippen LogP) is 3.57. The molecule has 5 rings (SSSR count). The molecule has 2 saturated carbocycles. The van der Waals surface area contributed by atoms with Crippen molar-refractivity contribution in [3.8, 4) is 0 Å². The van der Waals surface area contributed by atoms with Crippen molar-refractivity contribution in [1.29, 1.82) is 0 Å². The van der Waals surface area contributed by atoms with E-state index in [1.807, 2.05) is 0 Å². The molecule has 2 aliphatic carbocycles. The number of hydrogen-bond donors (Lipinski definition) is 1. The van der Waals surface area contributed by atoms with Gasteiger partial charge in [-0.3, -0.25) is 4.90 Å². The van der Waals surface area contributed by atoms with E-state index in [1.165, 1.54) is 0 Å². The molecule has 34 heavy (non-hydrogen) atoms. The van der Waals surface area contributed by atoms with E-state index in [9.17, 15) is 13.6 Å². The number of likely N-dealkylation sites (tertiary alicyclic amines) is 2. The predicted molar refractivity (Wildman–Crippen MR) is 121 cm³/mol. The van der Waals surface area contributed by atoms with E-state index in [1.54, 1.807) is 11.8 Å². The van der Waals surface area contributed by atoms with Gasteiger partial charge in [0.2, 0.25) is 5.89 Å². The summed E-state index contributed by atoms with van der Waals surface area (Å²) in [4.78, 5) is 21.5. The quantitative estimate of drug-likeness (QED) is 0.692. The standard InChI is InChI=1S/C24H37F2N5O3/c1-14(2)30-8-6-19(13-30)33-20-5-4-7-24(25,26)21(20)28-23(32)31-11-17-9-16(10-18(17)12-31)22-27-15(3)34-29-22/h14,16-21H,4-13H2,1-3H3,(H,28,32)/t16-,17-,18+,19-,20-,21+/m0/s1. The SMILES string of the molecule is Cc1nc([C@@H]2C[C@@H]3CN(C(=O)N[C@@H]4[C@@H](O[C@H]5CCN(C(C)C)C5)CCCC4(F)F)C[C@@H]3C2)no1. The van der Waals surface area contributed by atoms with Crippen LogP contribution in [0.5, 0.6) is 0 Å². The van der Waals surface area contributed by atoms with E-state index in [-0.39, 0.29) is 18.4 Å². The normalized spacial score (nSPS) is 35.8. The molecule has 0 unspecified atom stereocenters. The number of amides is 2. The fourth-order valence-corrected chi connectivity index (χ4v) is 6.44. The third-order valence-electron chi connectivity index (χ3n) is 8.33. The number of hydrogen-bond acceptors (Lipinski definition) is 6. The van der Waals surface area contributed by atoms with Crippen molar-refractivity contribution in [2.45, 2.75) is 95.4 Å². The number of nitrogens with zero attached hydrogens (tertiary/aromatic N) is 4. The first kappa shape index (κ1) is 23.9. The Morgan fingerprint density at radius 2 is 1.94 bits per heavy atom. The van der Waals surface area contributed by atoms with Crippen LogP contribution in [0.1, 0.15) is 70.0 Å². The Labute approximate surface area is 199 Å². The van der Waals surface area contributed by atoms with Crippen molar-refractivity contribution < 1.29 is 22.8 Å². The minimum absolute atomic E-state index is 0.0578. The lowest BCUT2D eigenvalue weighted by molar-refractivity contribution is -0.138. The van der Waals surface area contributed by atoms with Crippen molar-refractivity contribution >= 4 is 6.03 Å². The highest BCUT2D eigenvalue weighted by atomic mass is 19.3. The number of carbonyl (C=O) groups excluding carboxylic acids is 1. The van der Waals surface area contributed by atoms with Crippen molar-refractivity contribution in [3.05, 3.63) is 11.7 Å². The smallest absolute Gasteiger partial charge is 0.317 e. The Kier molecular flexibility index (Phi) is 6.56. The minimum Gasteiger partial charge on any atom is -0.371 e. The Hall–Kier alpha value is -1.81. The zero-order chi connectivity index (χ0) is 24.0. The van der Waals surface area contributed by atoms with Gasteiger partial charge in [0.1, 0.15) is 6.04 Å². The summed E-state index contributed by atoms with van der Waals surface area (Å²) >= 11 is 0. The molecular formula is C24H37F2N5O3. The third kappa shape index (κ3) is 4.80. The van der Waals surface area contributed by atoms with Gasteiger partial charge in [-0.25, -0.2) is 13.6 Å². The number of rotatable bonds is 5. The van der Waals surface area contributed by atoms with Crippen LogP contribution in [0.4, 0.5) is 13.6 Å². The Morgan fingerprint density at radius 1 is 1.21 bits per heavy atom. The van der Waals surface area contributed by atoms with Crippen LogP contribution in [0.2, 0.25) is 0 Å². The van der Waals surface area contributed by atoms with E-state index in [0.717, 1.165) is 38.2 Å². The molecule has 10 heteroatoms. The summed E-state index contributed by atoms with van der Waals surface area (Å²) in [5, 5.41) is 6.76. The van der Waals surface area contributed by atoms with Crippen LogP contribution in [0.25, 0.3) is 0 Å². The van der Waals surface area contributed by atoms with E-state index < -0.39 is 24.1 Å². The molecule has 0 spiro atoms. The Morgan fingerprint density at radius 3 is 2.56 bits per heavy atom. The first-order valence-electron chi connectivity index (χ1n) is 12.8. The molecule has 8 nitrogen and oxygen atoms in total. The molecule has 2 aliphatic heterocycles. The molecule has 2 amide bonds. The summed E-state index contributed by atoms with van der Waals surface area (Å²) in [5.41, 5.74) is 0. The number of halogens is 2. The van der Waals surface area contributed by atoms with Crippen LogP contribution in [0.15, 0.2) is 4.52 Å². The number of ether oxygens (including phenoxy) is 1. The summed E-state index contributed by atoms with van der Waals surface area (Å²) in [6, 6.07) is -1.26. The molecule has 4 fully saturated rings. The summed E-state index contributed by atoms with van der Waals surface area (Å²) in [5.74, 6) is -0.732. The molecule has 1 aromatic heterocycles. The zero-order valence-electron chi connectivity index (χ0n) is 20.4.